The van der Waals surface area contributed by atoms with Crippen molar-refractivity contribution in [3.8, 4) is 0 Å². The molecule has 5 heteroatoms. The summed E-state index contributed by atoms with van der Waals surface area (Å²) in [6, 6.07) is 0.0453. The van der Waals surface area contributed by atoms with Gasteiger partial charge in [-0.15, -0.1) is 0 Å². The molecule has 1 N–H and O–H groups in total. The number of rotatable bonds is 10. The van der Waals surface area contributed by atoms with Gasteiger partial charge >= 0.3 is 0 Å². The molecule has 2 atom stereocenters. The Bertz CT molecular complexity index is 422. The Balaban J connectivity index is 3.20. The highest BCUT2D eigenvalue weighted by atomic mass is 35.5. The van der Waals surface area contributed by atoms with Crippen LogP contribution in [0.1, 0.15) is 65.6 Å². The fourth-order valence-corrected chi connectivity index (χ4v) is 2.91. The lowest BCUT2D eigenvalue weighted by atomic mass is 9.90. The lowest BCUT2D eigenvalue weighted by Crippen LogP contribution is -2.45. The van der Waals surface area contributed by atoms with E-state index in [2.05, 4.69) is 38.1 Å². The van der Waals surface area contributed by atoms with E-state index in [0.717, 1.165) is 43.1 Å². The lowest BCUT2D eigenvalue weighted by molar-refractivity contribution is -0.0581. The molecule has 1 rings (SSSR count). The van der Waals surface area contributed by atoms with E-state index in [9.17, 15) is 0 Å². The number of halogens is 1. The summed E-state index contributed by atoms with van der Waals surface area (Å²) >= 11 is 6.44. The van der Waals surface area contributed by atoms with Crippen molar-refractivity contribution in [2.75, 3.05) is 13.2 Å². The molecule has 21 heavy (non-hydrogen) atoms. The molecule has 2 unspecified atom stereocenters. The summed E-state index contributed by atoms with van der Waals surface area (Å²) in [5.74, 6) is 0. The summed E-state index contributed by atoms with van der Waals surface area (Å²) in [6.07, 6.45) is 4.76. The SMILES string of the molecule is CCCNC(c1c(Cl)cnn1CCC)C(C)(CC)OCC. The Morgan fingerprint density at radius 2 is 2.05 bits per heavy atom. The first-order valence-electron chi connectivity index (χ1n) is 8.12. The van der Waals surface area contributed by atoms with E-state index in [1.165, 1.54) is 0 Å². The number of nitrogens with zero attached hydrogens (tertiary/aromatic N) is 2. The van der Waals surface area contributed by atoms with Crippen LogP contribution in [0.15, 0.2) is 6.20 Å². The Morgan fingerprint density at radius 1 is 1.33 bits per heavy atom. The number of nitrogens with one attached hydrogen (secondary N) is 1. The summed E-state index contributed by atoms with van der Waals surface area (Å²) in [7, 11) is 0. The number of ether oxygens (including phenoxy) is 1. The molecule has 0 aliphatic heterocycles. The van der Waals surface area contributed by atoms with Crippen molar-refractivity contribution in [3.63, 3.8) is 0 Å². The van der Waals surface area contributed by atoms with Gasteiger partial charge in [0.2, 0.25) is 0 Å². The van der Waals surface area contributed by atoms with Crippen molar-refractivity contribution < 1.29 is 4.74 Å². The van der Waals surface area contributed by atoms with E-state index in [-0.39, 0.29) is 11.6 Å². The highest BCUT2D eigenvalue weighted by Crippen LogP contribution is 2.35. The third kappa shape index (κ3) is 4.44. The van der Waals surface area contributed by atoms with Gasteiger partial charge in [-0.2, -0.15) is 5.10 Å². The standard InChI is InChI=1S/C16H30ClN3O/c1-6-10-18-15(16(5,8-3)21-9-4)14-13(17)12-19-20(14)11-7-2/h12,15,18H,6-11H2,1-5H3. The second-order valence-corrected chi connectivity index (χ2v) is 5.99. The van der Waals surface area contributed by atoms with Crippen LogP contribution in [0.3, 0.4) is 0 Å². The van der Waals surface area contributed by atoms with Crippen LogP contribution in [-0.4, -0.2) is 28.5 Å². The van der Waals surface area contributed by atoms with Gasteiger partial charge in [-0.1, -0.05) is 32.4 Å². The molecule has 0 fully saturated rings. The van der Waals surface area contributed by atoms with E-state index in [4.69, 9.17) is 16.3 Å². The van der Waals surface area contributed by atoms with E-state index in [1.54, 1.807) is 6.20 Å². The fourth-order valence-electron chi connectivity index (χ4n) is 2.66. The molecule has 0 bridgehead atoms. The zero-order valence-electron chi connectivity index (χ0n) is 14.1. The van der Waals surface area contributed by atoms with Crippen LogP contribution < -0.4 is 5.32 Å². The minimum atomic E-state index is -0.293. The van der Waals surface area contributed by atoms with Crippen LogP contribution in [0.25, 0.3) is 0 Å². The van der Waals surface area contributed by atoms with E-state index < -0.39 is 0 Å². The topological polar surface area (TPSA) is 39.1 Å². The molecule has 0 aromatic carbocycles. The third-order valence-corrected chi connectivity index (χ3v) is 4.22. The van der Waals surface area contributed by atoms with Crippen molar-refractivity contribution in [2.45, 2.75) is 72.1 Å². The van der Waals surface area contributed by atoms with Crippen molar-refractivity contribution >= 4 is 11.6 Å². The van der Waals surface area contributed by atoms with Crippen molar-refractivity contribution in [2.24, 2.45) is 0 Å². The summed E-state index contributed by atoms with van der Waals surface area (Å²) in [5, 5.41) is 8.77. The van der Waals surface area contributed by atoms with Crippen LogP contribution in [0.2, 0.25) is 5.02 Å². The second kappa shape index (κ2) is 8.76. The zero-order chi connectivity index (χ0) is 15.9. The number of aryl methyl sites for hydroxylation is 1. The van der Waals surface area contributed by atoms with Crippen molar-refractivity contribution in [1.82, 2.24) is 15.1 Å². The summed E-state index contributed by atoms with van der Waals surface area (Å²) in [6.45, 7) is 13.2. The lowest BCUT2D eigenvalue weighted by Gasteiger charge is -2.38. The first kappa shape index (κ1) is 18.5. The number of aromatic nitrogens is 2. The summed E-state index contributed by atoms with van der Waals surface area (Å²) in [5.41, 5.74) is 0.754. The second-order valence-electron chi connectivity index (χ2n) is 5.59. The van der Waals surface area contributed by atoms with Gasteiger partial charge < -0.3 is 10.1 Å². The van der Waals surface area contributed by atoms with E-state index >= 15 is 0 Å². The molecule has 0 saturated carbocycles. The van der Waals surface area contributed by atoms with Gasteiger partial charge in [0.05, 0.1) is 28.6 Å². The highest BCUT2D eigenvalue weighted by molar-refractivity contribution is 6.31. The van der Waals surface area contributed by atoms with Crippen LogP contribution in [0.4, 0.5) is 0 Å². The highest BCUT2D eigenvalue weighted by Gasteiger charge is 2.37. The molecule has 0 aliphatic rings. The van der Waals surface area contributed by atoms with Gasteiger partial charge in [-0.05, 0) is 39.7 Å². The van der Waals surface area contributed by atoms with Gasteiger partial charge in [0.1, 0.15) is 0 Å². The monoisotopic (exact) mass is 315 g/mol. The average molecular weight is 316 g/mol. The van der Waals surface area contributed by atoms with Gasteiger partial charge in [0, 0.05) is 13.2 Å². The Labute approximate surface area is 134 Å². The van der Waals surface area contributed by atoms with Crippen LogP contribution in [-0.2, 0) is 11.3 Å². The number of hydrogen-bond donors (Lipinski definition) is 1. The van der Waals surface area contributed by atoms with Gasteiger partial charge in [0.15, 0.2) is 0 Å². The van der Waals surface area contributed by atoms with Crippen molar-refractivity contribution in [1.29, 1.82) is 0 Å². The molecular weight excluding hydrogens is 286 g/mol. The maximum Gasteiger partial charge on any atom is 0.0861 e. The predicted molar refractivity (Wildman–Crippen MR) is 88.9 cm³/mol. The predicted octanol–water partition coefficient (Wildman–Crippen LogP) is 4.19. The molecule has 1 aromatic heterocycles. The van der Waals surface area contributed by atoms with Crippen LogP contribution in [0, 0.1) is 0 Å². The molecule has 1 aromatic rings. The average Bonchev–Trinajstić information content (AvgIpc) is 2.82. The Kier molecular flexibility index (Phi) is 7.71. The molecule has 0 saturated heterocycles. The molecule has 122 valence electrons. The molecule has 4 nitrogen and oxygen atoms in total. The maximum absolute atomic E-state index is 6.44. The molecular formula is C16H30ClN3O. The minimum absolute atomic E-state index is 0.0453. The molecule has 0 radical (unpaired) electrons. The van der Waals surface area contributed by atoms with Crippen LogP contribution in [0.5, 0.6) is 0 Å². The van der Waals surface area contributed by atoms with E-state index in [1.807, 2.05) is 11.6 Å². The quantitative estimate of drug-likeness (QED) is 0.703. The van der Waals surface area contributed by atoms with Gasteiger partial charge in [0.25, 0.3) is 0 Å². The summed E-state index contributed by atoms with van der Waals surface area (Å²) < 4.78 is 8.10. The normalized spacial score (nSPS) is 15.9. The smallest absolute Gasteiger partial charge is 0.0861 e. The van der Waals surface area contributed by atoms with Crippen molar-refractivity contribution in [3.05, 3.63) is 16.9 Å². The summed E-state index contributed by atoms with van der Waals surface area (Å²) in [4.78, 5) is 0. The molecule has 1 heterocycles. The first-order chi connectivity index (χ1) is 10.0. The molecule has 0 aliphatic carbocycles. The maximum atomic E-state index is 6.44. The molecule has 0 amide bonds. The largest absolute Gasteiger partial charge is 0.374 e. The minimum Gasteiger partial charge on any atom is -0.374 e. The Hall–Kier alpha value is -0.580. The molecule has 0 spiro atoms. The van der Waals surface area contributed by atoms with Gasteiger partial charge in [-0.3, -0.25) is 4.68 Å². The number of hydrogen-bond acceptors (Lipinski definition) is 3. The Morgan fingerprint density at radius 3 is 2.57 bits per heavy atom. The van der Waals surface area contributed by atoms with Gasteiger partial charge in [-0.25, -0.2) is 0 Å². The zero-order valence-corrected chi connectivity index (χ0v) is 14.8. The van der Waals surface area contributed by atoms with Crippen LogP contribution >= 0.6 is 11.6 Å². The first-order valence-corrected chi connectivity index (χ1v) is 8.50. The third-order valence-electron chi connectivity index (χ3n) is 3.93. The fraction of sp³-hybridized carbons (Fsp3) is 0.812. The van der Waals surface area contributed by atoms with E-state index in [0.29, 0.717) is 6.61 Å².